The number of nitrogens with zero attached hydrogens (tertiary/aromatic N) is 1. The standard InChI is InChI=1S/C17H29NO4/c1-13-6-8-14(9-7-13)18(2)15(19)12-22-16(20)17(21)10-4-3-5-11-17/h13-14,21H,3-12H2,1-2H3. The van der Waals surface area contributed by atoms with Crippen LogP contribution in [0.3, 0.4) is 0 Å². The van der Waals surface area contributed by atoms with Crippen LogP contribution in [0.15, 0.2) is 0 Å². The lowest BCUT2D eigenvalue weighted by molar-refractivity contribution is -0.172. The molecule has 22 heavy (non-hydrogen) atoms. The summed E-state index contributed by atoms with van der Waals surface area (Å²) in [5.41, 5.74) is -1.38. The molecule has 0 atom stereocenters. The first-order chi connectivity index (χ1) is 10.4. The van der Waals surface area contributed by atoms with Crippen LogP contribution in [-0.4, -0.2) is 47.2 Å². The molecule has 2 fully saturated rings. The molecule has 5 heteroatoms. The molecule has 1 amide bonds. The Balaban J connectivity index is 1.78. The van der Waals surface area contributed by atoms with E-state index in [-0.39, 0.29) is 18.6 Å². The molecule has 2 rings (SSSR count). The third-order valence-electron chi connectivity index (χ3n) is 5.31. The molecule has 0 aromatic heterocycles. The molecule has 0 radical (unpaired) electrons. The number of hydrogen-bond acceptors (Lipinski definition) is 4. The van der Waals surface area contributed by atoms with Crippen LogP contribution in [0.1, 0.15) is 64.7 Å². The highest BCUT2D eigenvalue weighted by molar-refractivity contribution is 5.84. The Kier molecular flexibility index (Phi) is 5.84. The Bertz CT molecular complexity index is 395. The van der Waals surface area contributed by atoms with Gasteiger partial charge in [-0.3, -0.25) is 4.79 Å². The fourth-order valence-electron chi connectivity index (χ4n) is 3.54. The Morgan fingerprint density at radius 3 is 2.32 bits per heavy atom. The van der Waals surface area contributed by atoms with Crippen LogP contribution in [0.4, 0.5) is 0 Å². The van der Waals surface area contributed by atoms with Crippen molar-refractivity contribution >= 4 is 11.9 Å². The quantitative estimate of drug-likeness (QED) is 0.809. The summed E-state index contributed by atoms with van der Waals surface area (Å²) in [5, 5.41) is 10.3. The van der Waals surface area contributed by atoms with Crippen LogP contribution in [0.25, 0.3) is 0 Å². The molecular formula is C17H29NO4. The van der Waals surface area contributed by atoms with Gasteiger partial charge in [0.05, 0.1) is 0 Å². The second-order valence-electron chi connectivity index (χ2n) is 7.09. The summed E-state index contributed by atoms with van der Waals surface area (Å²) in [6, 6.07) is 0.250. The molecule has 2 saturated carbocycles. The van der Waals surface area contributed by atoms with Crippen molar-refractivity contribution in [3.8, 4) is 0 Å². The number of carbonyl (C=O) groups is 2. The van der Waals surface area contributed by atoms with Crippen LogP contribution < -0.4 is 0 Å². The average Bonchev–Trinajstić information content (AvgIpc) is 2.53. The maximum atomic E-state index is 12.2. The molecule has 0 aliphatic heterocycles. The molecule has 126 valence electrons. The predicted octanol–water partition coefficient (Wildman–Crippen LogP) is 2.26. The van der Waals surface area contributed by atoms with Crippen molar-refractivity contribution in [2.45, 2.75) is 76.4 Å². The minimum Gasteiger partial charge on any atom is -0.453 e. The van der Waals surface area contributed by atoms with Crippen molar-refractivity contribution < 1.29 is 19.4 Å². The fraction of sp³-hybridized carbons (Fsp3) is 0.882. The van der Waals surface area contributed by atoms with E-state index in [4.69, 9.17) is 4.74 Å². The number of aliphatic hydroxyl groups is 1. The average molecular weight is 311 g/mol. The fourth-order valence-corrected chi connectivity index (χ4v) is 3.54. The molecule has 0 aromatic rings. The van der Waals surface area contributed by atoms with E-state index in [1.54, 1.807) is 11.9 Å². The number of esters is 1. The number of carbonyl (C=O) groups excluding carboxylic acids is 2. The van der Waals surface area contributed by atoms with E-state index in [0.29, 0.717) is 12.8 Å². The lowest BCUT2D eigenvalue weighted by Gasteiger charge is -2.34. The van der Waals surface area contributed by atoms with Crippen molar-refractivity contribution in [2.24, 2.45) is 5.92 Å². The summed E-state index contributed by atoms with van der Waals surface area (Å²) in [6.07, 6.45) is 7.90. The highest BCUT2D eigenvalue weighted by Crippen LogP contribution is 2.29. The van der Waals surface area contributed by atoms with Gasteiger partial charge in [0, 0.05) is 13.1 Å². The first kappa shape index (κ1) is 17.3. The number of rotatable bonds is 4. The lowest BCUT2D eigenvalue weighted by Crippen LogP contribution is -2.45. The smallest absolute Gasteiger partial charge is 0.338 e. The van der Waals surface area contributed by atoms with Gasteiger partial charge in [0.15, 0.2) is 12.2 Å². The van der Waals surface area contributed by atoms with Gasteiger partial charge in [0.1, 0.15) is 0 Å². The minimum atomic E-state index is -1.38. The third kappa shape index (κ3) is 4.22. The van der Waals surface area contributed by atoms with Gasteiger partial charge in [0.25, 0.3) is 5.91 Å². The Labute approximate surface area is 133 Å². The number of amides is 1. The Morgan fingerprint density at radius 1 is 1.14 bits per heavy atom. The molecule has 1 N–H and O–H groups in total. The van der Waals surface area contributed by atoms with Gasteiger partial charge in [-0.15, -0.1) is 0 Å². The second kappa shape index (κ2) is 7.44. The zero-order valence-electron chi connectivity index (χ0n) is 13.8. The minimum absolute atomic E-state index is 0.174. The molecule has 0 unspecified atom stereocenters. The summed E-state index contributed by atoms with van der Waals surface area (Å²) >= 11 is 0. The molecule has 0 spiro atoms. The summed E-state index contributed by atoms with van der Waals surface area (Å²) < 4.78 is 5.10. The number of hydrogen-bond donors (Lipinski definition) is 1. The van der Waals surface area contributed by atoms with E-state index >= 15 is 0 Å². The summed E-state index contributed by atoms with van der Waals surface area (Å²) in [7, 11) is 1.78. The van der Waals surface area contributed by atoms with Crippen molar-refractivity contribution in [1.29, 1.82) is 0 Å². The summed E-state index contributed by atoms with van der Waals surface area (Å²) in [4.78, 5) is 25.9. The molecular weight excluding hydrogens is 282 g/mol. The molecule has 2 aliphatic carbocycles. The Morgan fingerprint density at radius 2 is 1.73 bits per heavy atom. The molecule has 5 nitrogen and oxygen atoms in total. The molecule has 0 heterocycles. The van der Waals surface area contributed by atoms with Crippen molar-refractivity contribution in [1.82, 2.24) is 4.90 Å². The largest absolute Gasteiger partial charge is 0.453 e. The van der Waals surface area contributed by atoms with E-state index in [1.165, 1.54) is 0 Å². The van der Waals surface area contributed by atoms with Crippen molar-refractivity contribution in [2.75, 3.05) is 13.7 Å². The SMILES string of the molecule is CC1CCC(N(C)C(=O)COC(=O)C2(O)CCCCC2)CC1. The van der Waals surface area contributed by atoms with Crippen LogP contribution >= 0.6 is 0 Å². The van der Waals surface area contributed by atoms with E-state index < -0.39 is 11.6 Å². The van der Waals surface area contributed by atoms with Crippen LogP contribution in [0.2, 0.25) is 0 Å². The molecule has 0 aromatic carbocycles. The molecule has 2 aliphatic rings. The topological polar surface area (TPSA) is 66.8 Å². The van der Waals surface area contributed by atoms with Crippen LogP contribution in [0, 0.1) is 5.92 Å². The zero-order chi connectivity index (χ0) is 16.2. The van der Waals surface area contributed by atoms with Crippen LogP contribution in [-0.2, 0) is 14.3 Å². The van der Waals surface area contributed by atoms with E-state index in [9.17, 15) is 14.7 Å². The summed E-state index contributed by atoms with van der Waals surface area (Å²) in [6.45, 7) is 1.98. The van der Waals surface area contributed by atoms with E-state index in [1.807, 2.05) is 0 Å². The molecule has 0 bridgehead atoms. The highest BCUT2D eigenvalue weighted by Gasteiger charge is 2.39. The second-order valence-corrected chi connectivity index (χ2v) is 7.09. The van der Waals surface area contributed by atoms with Crippen molar-refractivity contribution in [3.63, 3.8) is 0 Å². The normalized spacial score (nSPS) is 28.0. The first-order valence-corrected chi connectivity index (χ1v) is 8.57. The first-order valence-electron chi connectivity index (χ1n) is 8.57. The van der Waals surface area contributed by atoms with Gasteiger partial charge in [-0.2, -0.15) is 0 Å². The van der Waals surface area contributed by atoms with E-state index in [2.05, 4.69) is 6.92 Å². The van der Waals surface area contributed by atoms with E-state index in [0.717, 1.165) is 50.9 Å². The van der Waals surface area contributed by atoms with Gasteiger partial charge in [-0.1, -0.05) is 13.3 Å². The third-order valence-corrected chi connectivity index (χ3v) is 5.31. The van der Waals surface area contributed by atoms with Gasteiger partial charge in [0.2, 0.25) is 0 Å². The molecule has 0 saturated heterocycles. The van der Waals surface area contributed by atoms with Gasteiger partial charge >= 0.3 is 5.97 Å². The number of ether oxygens (including phenoxy) is 1. The maximum absolute atomic E-state index is 12.2. The Hall–Kier alpha value is -1.10. The van der Waals surface area contributed by atoms with Crippen molar-refractivity contribution in [3.05, 3.63) is 0 Å². The zero-order valence-corrected chi connectivity index (χ0v) is 13.8. The van der Waals surface area contributed by atoms with Gasteiger partial charge < -0.3 is 14.7 Å². The maximum Gasteiger partial charge on any atom is 0.338 e. The monoisotopic (exact) mass is 311 g/mol. The summed E-state index contributed by atoms with van der Waals surface area (Å²) in [5.74, 6) is -0.0725. The highest BCUT2D eigenvalue weighted by atomic mass is 16.6. The van der Waals surface area contributed by atoms with Gasteiger partial charge in [-0.05, 0) is 57.3 Å². The number of likely N-dealkylation sites (N-methyl/N-ethyl adjacent to an activating group) is 1. The van der Waals surface area contributed by atoms with Gasteiger partial charge in [-0.25, -0.2) is 4.79 Å². The van der Waals surface area contributed by atoms with Crippen LogP contribution in [0.5, 0.6) is 0 Å². The lowest BCUT2D eigenvalue weighted by atomic mass is 9.85. The predicted molar refractivity (Wildman–Crippen MR) is 83.2 cm³/mol.